The van der Waals surface area contributed by atoms with Gasteiger partial charge in [-0.15, -0.1) is 0 Å². The van der Waals surface area contributed by atoms with Crippen molar-refractivity contribution in [3.8, 4) is 0 Å². The average Bonchev–Trinajstić information content (AvgIpc) is 3.13. The van der Waals surface area contributed by atoms with Gasteiger partial charge in [0.25, 0.3) is 15.9 Å². The highest BCUT2D eigenvalue weighted by molar-refractivity contribution is 7.92. The monoisotopic (exact) mass is 387 g/mol. The Labute approximate surface area is 160 Å². The predicted molar refractivity (Wildman–Crippen MR) is 106 cm³/mol. The van der Waals surface area contributed by atoms with E-state index in [1.54, 1.807) is 29.2 Å². The van der Waals surface area contributed by atoms with Gasteiger partial charge < -0.3 is 10.6 Å². The Bertz CT molecular complexity index is 939. The van der Waals surface area contributed by atoms with Crippen LogP contribution in [0.1, 0.15) is 34.3 Å². The second kappa shape index (κ2) is 7.70. The van der Waals surface area contributed by atoms with E-state index in [9.17, 15) is 13.2 Å². The summed E-state index contributed by atoms with van der Waals surface area (Å²) in [5.74, 6) is -0.103. The molecule has 0 aromatic heterocycles. The van der Waals surface area contributed by atoms with Crippen LogP contribution in [0.3, 0.4) is 0 Å². The van der Waals surface area contributed by atoms with Crippen molar-refractivity contribution < 1.29 is 13.2 Å². The van der Waals surface area contributed by atoms with Gasteiger partial charge in [-0.05, 0) is 74.2 Å². The van der Waals surface area contributed by atoms with Crippen molar-refractivity contribution in [3.05, 3.63) is 59.2 Å². The van der Waals surface area contributed by atoms with Crippen LogP contribution in [0.15, 0.2) is 47.4 Å². The van der Waals surface area contributed by atoms with E-state index >= 15 is 0 Å². The molecule has 0 saturated carbocycles. The molecule has 0 spiro atoms. The number of aryl methyl sites for hydroxylation is 2. The fourth-order valence-corrected chi connectivity index (χ4v) is 4.36. The standard InChI is InChI=1S/C20H25N3O3S/c1-14-5-8-17(12-15(14)2)22-27(25,26)19-9-6-16(7-10-19)20(24)23-11-3-4-18(23)13-21/h5-10,12,18,22H,3-4,11,13,21H2,1-2H3. The normalized spacial score (nSPS) is 17.1. The summed E-state index contributed by atoms with van der Waals surface area (Å²) in [5.41, 5.74) is 8.83. The third-order valence-electron chi connectivity index (χ3n) is 5.08. The first-order chi connectivity index (χ1) is 12.8. The Balaban J connectivity index is 1.77. The lowest BCUT2D eigenvalue weighted by atomic mass is 10.1. The summed E-state index contributed by atoms with van der Waals surface area (Å²) in [5, 5.41) is 0. The van der Waals surface area contributed by atoms with Crippen LogP contribution in [-0.4, -0.2) is 38.4 Å². The number of nitrogens with one attached hydrogen (secondary N) is 1. The minimum absolute atomic E-state index is 0.0624. The van der Waals surface area contributed by atoms with Gasteiger partial charge in [0.2, 0.25) is 0 Å². The molecule has 1 fully saturated rings. The smallest absolute Gasteiger partial charge is 0.261 e. The zero-order valence-electron chi connectivity index (χ0n) is 15.6. The second-order valence-corrected chi connectivity index (χ2v) is 8.64. The van der Waals surface area contributed by atoms with Crippen LogP contribution in [0.25, 0.3) is 0 Å². The first-order valence-electron chi connectivity index (χ1n) is 9.03. The molecule has 0 aliphatic carbocycles. The van der Waals surface area contributed by atoms with Gasteiger partial charge in [0, 0.05) is 30.4 Å². The predicted octanol–water partition coefficient (Wildman–Crippen LogP) is 2.67. The number of carbonyl (C=O) groups excluding carboxylic acids is 1. The number of nitrogens with two attached hydrogens (primary N) is 1. The molecule has 0 radical (unpaired) electrons. The molecule has 2 aromatic carbocycles. The molecule has 144 valence electrons. The highest BCUT2D eigenvalue weighted by Gasteiger charge is 2.28. The highest BCUT2D eigenvalue weighted by atomic mass is 32.2. The molecule has 1 heterocycles. The van der Waals surface area contributed by atoms with Crippen molar-refractivity contribution >= 4 is 21.6 Å². The van der Waals surface area contributed by atoms with Gasteiger partial charge in [-0.1, -0.05) is 6.07 Å². The number of benzene rings is 2. The molecule has 1 aliphatic heterocycles. The fraction of sp³-hybridized carbons (Fsp3) is 0.350. The van der Waals surface area contributed by atoms with E-state index in [1.807, 2.05) is 19.9 Å². The molecule has 3 N–H and O–H groups in total. The van der Waals surface area contributed by atoms with Crippen LogP contribution < -0.4 is 10.5 Å². The van der Waals surface area contributed by atoms with E-state index in [-0.39, 0.29) is 16.8 Å². The summed E-state index contributed by atoms with van der Waals surface area (Å²) < 4.78 is 27.8. The number of rotatable bonds is 5. The van der Waals surface area contributed by atoms with Gasteiger partial charge in [0.1, 0.15) is 0 Å². The molecule has 0 bridgehead atoms. The summed E-state index contributed by atoms with van der Waals surface area (Å²) >= 11 is 0. The molecule has 1 saturated heterocycles. The van der Waals surface area contributed by atoms with Gasteiger partial charge in [-0.2, -0.15) is 0 Å². The zero-order valence-corrected chi connectivity index (χ0v) is 16.4. The first-order valence-corrected chi connectivity index (χ1v) is 10.5. The summed E-state index contributed by atoms with van der Waals surface area (Å²) in [6.07, 6.45) is 1.86. The lowest BCUT2D eigenvalue weighted by Gasteiger charge is -2.23. The van der Waals surface area contributed by atoms with Crippen molar-refractivity contribution in [1.29, 1.82) is 0 Å². The Kier molecular flexibility index (Phi) is 5.53. The van der Waals surface area contributed by atoms with Crippen LogP contribution in [-0.2, 0) is 10.0 Å². The molecule has 27 heavy (non-hydrogen) atoms. The number of likely N-dealkylation sites (tertiary alicyclic amines) is 1. The Morgan fingerprint density at radius 3 is 2.48 bits per heavy atom. The minimum atomic E-state index is -3.71. The van der Waals surface area contributed by atoms with Gasteiger partial charge in [0.05, 0.1) is 4.90 Å². The maximum Gasteiger partial charge on any atom is 0.261 e. The third-order valence-corrected chi connectivity index (χ3v) is 6.48. The number of hydrogen-bond donors (Lipinski definition) is 2. The Morgan fingerprint density at radius 1 is 1.15 bits per heavy atom. The van der Waals surface area contributed by atoms with Crippen LogP contribution in [0.2, 0.25) is 0 Å². The molecule has 6 nitrogen and oxygen atoms in total. The van der Waals surface area contributed by atoms with Gasteiger partial charge in [-0.25, -0.2) is 8.42 Å². The molecular weight excluding hydrogens is 362 g/mol. The fourth-order valence-electron chi connectivity index (χ4n) is 3.31. The third kappa shape index (κ3) is 4.14. The summed E-state index contributed by atoms with van der Waals surface area (Å²) in [4.78, 5) is 14.5. The number of hydrogen-bond acceptors (Lipinski definition) is 4. The minimum Gasteiger partial charge on any atom is -0.334 e. The molecular formula is C20H25N3O3S. The maximum absolute atomic E-state index is 12.6. The van der Waals surface area contributed by atoms with Crippen molar-refractivity contribution in [2.75, 3.05) is 17.8 Å². The zero-order chi connectivity index (χ0) is 19.6. The topological polar surface area (TPSA) is 92.5 Å². The number of amides is 1. The molecule has 1 aliphatic rings. The maximum atomic E-state index is 12.6. The van der Waals surface area contributed by atoms with E-state index in [4.69, 9.17) is 5.73 Å². The van der Waals surface area contributed by atoms with Gasteiger partial charge in [-0.3, -0.25) is 9.52 Å². The summed E-state index contributed by atoms with van der Waals surface area (Å²) in [6, 6.07) is 11.5. The first kappa shape index (κ1) is 19.4. The molecule has 1 unspecified atom stereocenters. The molecule has 7 heteroatoms. The van der Waals surface area contributed by atoms with E-state index in [0.717, 1.165) is 24.0 Å². The summed E-state index contributed by atoms with van der Waals surface area (Å²) in [7, 11) is -3.71. The van der Waals surface area contributed by atoms with Crippen molar-refractivity contribution in [2.45, 2.75) is 37.6 Å². The molecule has 2 aromatic rings. The number of carbonyl (C=O) groups is 1. The van der Waals surface area contributed by atoms with Crippen molar-refractivity contribution in [2.24, 2.45) is 5.73 Å². The van der Waals surface area contributed by atoms with Crippen LogP contribution >= 0.6 is 0 Å². The number of sulfonamides is 1. The molecule has 3 rings (SSSR count). The lowest BCUT2D eigenvalue weighted by molar-refractivity contribution is 0.0741. The lowest BCUT2D eigenvalue weighted by Crippen LogP contribution is -2.39. The quantitative estimate of drug-likeness (QED) is 0.825. The second-order valence-electron chi connectivity index (χ2n) is 6.96. The average molecular weight is 388 g/mol. The number of nitrogens with zero attached hydrogens (tertiary/aromatic N) is 1. The largest absolute Gasteiger partial charge is 0.334 e. The van der Waals surface area contributed by atoms with Crippen molar-refractivity contribution in [3.63, 3.8) is 0 Å². The van der Waals surface area contributed by atoms with E-state index < -0.39 is 10.0 Å². The summed E-state index contributed by atoms with van der Waals surface area (Å²) in [6.45, 7) is 5.03. The Morgan fingerprint density at radius 2 is 1.85 bits per heavy atom. The van der Waals surface area contributed by atoms with Crippen molar-refractivity contribution in [1.82, 2.24) is 4.90 Å². The van der Waals surface area contributed by atoms with E-state index in [2.05, 4.69) is 4.72 Å². The van der Waals surface area contributed by atoms with Crippen LogP contribution in [0, 0.1) is 13.8 Å². The van der Waals surface area contributed by atoms with Crippen LogP contribution in [0.5, 0.6) is 0 Å². The SMILES string of the molecule is Cc1ccc(NS(=O)(=O)c2ccc(C(=O)N3CCCC3CN)cc2)cc1C. The van der Waals surface area contributed by atoms with Gasteiger partial charge in [0.15, 0.2) is 0 Å². The van der Waals surface area contributed by atoms with E-state index in [1.165, 1.54) is 12.1 Å². The number of anilines is 1. The van der Waals surface area contributed by atoms with Gasteiger partial charge >= 0.3 is 0 Å². The Hall–Kier alpha value is -2.38. The molecule has 1 atom stereocenters. The van der Waals surface area contributed by atoms with E-state index in [0.29, 0.717) is 24.3 Å². The highest BCUT2D eigenvalue weighted by Crippen LogP contribution is 2.22. The molecule has 1 amide bonds. The van der Waals surface area contributed by atoms with Crippen LogP contribution in [0.4, 0.5) is 5.69 Å².